The van der Waals surface area contributed by atoms with E-state index < -0.39 is 0 Å². The lowest BCUT2D eigenvalue weighted by atomic mass is 10.2. The summed E-state index contributed by atoms with van der Waals surface area (Å²) >= 11 is 0. The van der Waals surface area contributed by atoms with Gasteiger partial charge in [-0.1, -0.05) is 12.1 Å². The van der Waals surface area contributed by atoms with Crippen LogP contribution < -0.4 is 15.8 Å². The van der Waals surface area contributed by atoms with Gasteiger partial charge >= 0.3 is 0 Å². The van der Waals surface area contributed by atoms with Crippen LogP contribution in [0.25, 0.3) is 16.7 Å². The number of hydrogen-bond donors (Lipinski definition) is 2. The first-order valence-corrected chi connectivity index (χ1v) is 7.98. The third kappa shape index (κ3) is 2.99. The van der Waals surface area contributed by atoms with E-state index in [4.69, 9.17) is 10.5 Å². The number of benzene rings is 2. The van der Waals surface area contributed by atoms with Crippen molar-refractivity contribution < 1.29 is 4.74 Å². The number of methoxy groups -OCH3 is 1. The molecule has 0 saturated heterocycles. The summed E-state index contributed by atoms with van der Waals surface area (Å²) < 4.78 is 7.29. The second kappa shape index (κ2) is 6.20. The van der Waals surface area contributed by atoms with Crippen LogP contribution >= 0.6 is 0 Å². The van der Waals surface area contributed by atoms with Crippen LogP contribution in [-0.4, -0.2) is 16.7 Å². The fraction of sp³-hybridized carbons (Fsp3) is 0.0500. The van der Waals surface area contributed by atoms with Crippen molar-refractivity contribution in [3.63, 3.8) is 0 Å². The Bertz CT molecular complexity index is 1040. The molecule has 2 heterocycles. The van der Waals surface area contributed by atoms with Crippen molar-refractivity contribution in [2.75, 3.05) is 18.2 Å². The minimum atomic E-state index is 0.510. The average Bonchev–Trinajstić information content (AvgIpc) is 3.05. The molecule has 0 spiro atoms. The Morgan fingerprint density at radius 1 is 0.960 bits per heavy atom. The number of rotatable bonds is 4. The number of fused-ring (bicyclic) bond motifs is 1. The van der Waals surface area contributed by atoms with Gasteiger partial charge in [-0.2, -0.15) is 0 Å². The SMILES string of the molecule is COc1cccc(Nc2ccc3c(ccn3-c3cccc(N)n3)c2)c1. The molecule has 0 radical (unpaired) electrons. The molecule has 0 fully saturated rings. The Balaban J connectivity index is 1.67. The highest BCUT2D eigenvalue weighted by molar-refractivity contribution is 5.86. The van der Waals surface area contributed by atoms with Gasteiger partial charge in [-0.25, -0.2) is 4.98 Å². The zero-order valence-corrected chi connectivity index (χ0v) is 13.8. The maximum atomic E-state index is 5.80. The van der Waals surface area contributed by atoms with E-state index in [1.54, 1.807) is 13.2 Å². The fourth-order valence-electron chi connectivity index (χ4n) is 2.86. The number of nitrogen functional groups attached to an aromatic ring is 1. The summed E-state index contributed by atoms with van der Waals surface area (Å²) in [7, 11) is 1.66. The quantitative estimate of drug-likeness (QED) is 0.583. The first-order chi connectivity index (χ1) is 12.2. The summed E-state index contributed by atoms with van der Waals surface area (Å²) in [6.45, 7) is 0. The van der Waals surface area contributed by atoms with Gasteiger partial charge in [0.05, 0.1) is 12.6 Å². The number of nitrogens with two attached hydrogens (primary N) is 1. The fourth-order valence-corrected chi connectivity index (χ4v) is 2.86. The molecule has 5 nitrogen and oxygen atoms in total. The maximum absolute atomic E-state index is 5.80. The molecular formula is C20H18N4O. The number of hydrogen-bond acceptors (Lipinski definition) is 4. The Labute approximate surface area is 145 Å². The molecule has 0 atom stereocenters. The van der Waals surface area contributed by atoms with Gasteiger partial charge in [-0.15, -0.1) is 0 Å². The average molecular weight is 330 g/mol. The minimum Gasteiger partial charge on any atom is -0.497 e. The molecule has 2 aromatic carbocycles. The highest BCUT2D eigenvalue weighted by Crippen LogP contribution is 2.26. The molecular weight excluding hydrogens is 312 g/mol. The molecule has 0 aliphatic heterocycles. The smallest absolute Gasteiger partial charge is 0.139 e. The molecule has 0 unspecified atom stereocenters. The van der Waals surface area contributed by atoms with E-state index in [1.165, 1.54) is 0 Å². The van der Waals surface area contributed by atoms with E-state index >= 15 is 0 Å². The summed E-state index contributed by atoms with van der Waals surface area (Å²) in [6, 6.07) is 21.8. The van der Waals surface area contributed by atoms with Crippen LogP contribution in [0, 0.1) is 0 Å². The lowest BCUT2D eigenvalue weighted by Gasteiger charge is -2.09. The molecule has 0 amide bonds. The summed E-state index contributed by atoms with van der Waals surface area (Å²) in [4.78, 5) is 4.39. The summed E-state index contributed by atoms with van der Waals surface area (Å²) in [5.74, 6) is 2.14. The lowest BCUT2D eigenvalue weighted by Crippen LogP contribution is -1.98. The largest absolute Gasteiger partial charge is 0.497 e. The van der Waals surface area contributed by atoms with E-state index in [-0.39, 0.29) is 0 Å². The third-order valence-corrected chi connectivity index (χ3v) is 4.05. The first kappa shape index (κ1) is 15.1. The van der Waals surface area contributed by atoms with E-state index in [1.807, 2.05) is 53.2 Å². The van der Waals surface area contributed by atoms with Crippen LogP contribution in [-0.2, 0) is 0 Å². The molecule has 0 bridgehead atoms. The van der Waals surface area contributed by atoms with Crippen molar-refractivity contribution in [1.82, 2.24) is 9.55 Å². The van der Waals surface area contributed by atoms with Gasteiger partial charge in [0.1, 0.15) is 17.4 Å². The predicted molar refractivity (Wildman–Crippen MR) is 102 cm³/mol. The molecule has 0 saturated carbocycles. The topological polar surface area (TPSA) is 65.1 Å². The second-order valence-electron chi connectivity index (χ2n) is 5.74. The van der Waals surface area contributed by atoms with Crippen LogP contribution in [0.3, 0.4) is 0 Å². The van der Waals surface area contributed by atoms with Crippen molar-refractivity contribution in [2.45, 2.75) is 0 Å². The number of nitrogens with one attached hydrogen (secondary N) is 1. The third-order valence-electron chi connectivity index (χ3n) is 4.05. The van der Waals surface area contributed by atoms with Crippen molar-refractivity contribution in [3.8, 4) is 11.6 Å². The molecule has 4 rings (SSSR count). The number of anilines is 3. The Kier molecular flexibility index (Phi) is 3.74. The second-order valence-corrected chi connectivity index (χ2v) is 5.74. The van der Waals surface area contributed by atoms with Crippen molar-refractivity contribution in [3.05, 3.63) is 72.9 Å². The standard InChI is InChI=1S/C20H18N4O/c1-25-17-5-2-4-15(13-17)22-16-8-9-18-14(12-16)10-11-24(18)20-7-3-6-19(21)23-20/h2-13,22H,1H3,(H2,21,23). The van der Waals surface area contributed by atoms with Crippen LogP contribution in [0.2, 0.25) is 0 Å². The van der Waals surface area contributed by atoms with Crippen molar-refractivity contribution in [2.24, 2.45) is 0 Å². The predicted octanol–water partition coefficient (Wildman–Crippen LogP) is 4.36. The van der Waals surface area contributed by atoms with Gasteiger partial charge < -0.3 is 20.4 Å². The van der Waals surface area contributed by atoms with Crippen molar-refractivity contribution in [1.29, 1.82) is 0 Å². The normalized spacial score (nSPS) is 10.8. The highest BCUT2D eigenvalue weighted by atomic mass is 16.5. The molecule has 3 N–H and O–H groups in total. The summed E-state index contributed by atoms with van der Waals surface area (Å²) in [5.41, 5.74) is 8.87. The molecule has 0 aliphatic rings. The molecule has 2 aromatic heterocycles. The maximum Gasteiger partial charge on any atom is 0.139 e. The molecule has 5 heteroatoms. The molecule has 0 aliphatic carbocycles. The van der Waals surface area contributed by atoms with Crippen LogP contribution in [0.5, 0.6) is 5.75 Å². The van der Waals surface area contributed by atoms with E-state index in [2.05, 4.69) is 28.5 Å². The molecule has 4 aromatic rings. The Hall–Kier alpha value is -3.47. The number of ether oxygens (including phenoxy) is 1. The van der Waals surface area contributed by atoms with Gasteiger partial charge in [0, 0.05) is 29.0 Å². The van der Waals surface area contributed by atoms with Crippen molar-refractivity contribution >= 4 is 28.1 Å². The number of nitrogens with zero attached hydrogens (tertiary/aromatic N) is 2. The lowest BCUT2D eigenvalue weighted by molar-refractivity contribution is 0.415. The number of aromatic nitrogens is 2. The number of pyridine rings is 1. The highest BCUT2D eigenvalue weighted by Gasteiger charge is 2.06. The van der Waals surface area contributed by atoms with E-state index in [0.29, 0.717) is 5.82 Å². The molecule has 25 heavy (non-hydrogen) atoms. The van der Waals surface area contributed by atoms with Gasteiger partial charge in [-0.05, 0) is 48.5 Å². The Morgan fingerprint density at radius 3 is 2.64 bits per heavy atom. The monoisotopic (exact) mass is 330 g/mol. The van der Waals surface area contributed by atoms with Gasteiger partial charge in [-0.3, -0.25) is 0 Å². The van der Waals surface area contributed by atoms with Gasteiger partial charge in [0.2, 0.25) is 0 Å². The summed E-state index contributed by atoms with van der Waals surface area (Å²) in [5, 5.41) is 4.53. The van der Waals surface area contributed by atoms with E-state index in [9.17, 15) is 0 Å². The first-order valence-electron chi connectivity index (χ1n) is 7.98. The Morgan fingerprint density at radius 2 is 1.80 bits per heavy atom. The van der Waals surface area contributed by atoms with Gasteiger partial charge in [0.15, 0.2) is 0 Å². The minimum absolute atomic E-state index is 0.510. The van der Waals surface area contributed by atoms with Gasteiger partial charge in [0.25, 0.3) is 0 Å². The van der Waals surface area contributed by atoms with E-state index in [0.717, 1.165) is 33.8 Å². The van der Waals surface area contributed by atoms with Crippen LogP contribution in [0.4, 0.5) is 17.2 Å². The molecule has 124 valence electrons. The summed E-state index contributed by atoms with van der Waals surface area (Å²) in [6.07, 6.45) is 2.00. The van der Waals surface area contributed by atoms with Crippen LogP contribution in [0.1, 0.15) is 0 Å². The zero-order chi connectivity index (χ0) is 17.2. The van der Waals surface area contributed by atoms with Crippen LogP contribution in [0.15, 0.2) is 72.9 Å². The zero-order valence-electron chi connectivity index (χ0n) is 13.8.